The van der Waals surface area contributed by atoms with Crippen molar-refractivity contribution in [3.8, 4) is 0 Å². The third-order valence-electron chi connectivity index (χ3n) is 4.01. The van der Waals surface area contributed by atoms with E-state index in [2.05, 4.69) is 27.1 Å². The first-order valence-corrected chi connectivity index (χ1v) is 6.98. The Balaban J connectivity index is 1.79. The molecular weight excluding hydrogens is 271 g/mol. The molecule has 1 aromatic heterocycles. The number of halogens is 1. The van der Waals surface area contributed by atoms with Gasteiger partial charge in [-0.15, -0.1) is 0 Å². The highest BCUT2D eigenvalue weighted by atomic mass is 19.1. The summed E-state index contributed by atoms with van der Waals surface area (Å²) in [4.78, 5) is 21.9. The molecule has 1 N–H and O–H groups in total. The third-order valence-corrected chi connectivity index (χ3v) is 4.01. The molecule has 0 saturated carbocycles. The quantitative estimate of drug-likeness (QED) is 0.905. The predicted octanol–water partition coefficient (Wildman–Crippen LogP) is 2.11. The van der Waals surface area contributed by atoms with Crippen molar-refractivity contribution in [1.82, 2.24) is 14.9 Å². The summed E-state index contributed by atoms with van der Waals surface area (Å²) in [6.07, 6.45) is 6.24. The van der Waals surface area contributed by atoms with E-state index in [1.165, 1.54) is 11.3 Å². The van der Waals surface area contributed by atoms with Crippen LogP contribution >= 0.6 is 0 Å². The van der Waals surface area contributed by atoms with Gasteiger partial charge in [-0.1, -0.05) is 6.92 Å². The molecule has 6 heteroatoms. The first kappa shape index (κ1) is 13.7. The number of nitrogens with one attached hydrogen (secondary N) is 1. The monoisotopic (exact) mass is 288 g/mol. The number of hydrogen-bond acceptors (Lipinski definition) is 4. The molecule has 21 heavy (non-hydrogen) atoms. The molecular formula is C15H17FN4O. The van der Waals surface area contributed by atoms with Crippen LogP contribution in [-0.2, 0) is 4.79 Å². The summed E-state index contributed by atoms with van der Waals surface area (Å²) in [7, 11) is 2.00. The molecule has 0 saturated heterocycles. The van der Waals surface area contributed by atoms with Crippen LogP contribution in [0.1, 0.15) is 19.8 Å². The van der Waals surface area contributed by atoms with Crippen LogP contribution in [-0.4, -0.2) is 34.4 Å². The fourth-order valence-corrected chi connectivity index (χ4v) is 2.85. The molecule has 0 radical (unpaired) electrons. The fourth-order valence-electron chi connectivity index (χ4n) is 2.85. The van der Waals surface area contributed by atoms with Gasteiger partial charge in [0.2, 0.25) is 5.95 Å². The van der Waals surface area contributed by atoms with Gasteiger partial charge in [0.15, 0.2) is 5.82 Å². The Labute approximate surface area is 122 Å². The highest BCUT2D eigenvalue weighted by Gasteiger charge is 2.29. The zero-order valence-corrected chi connectivity index (χ0v) is 12.1. The fraction of sp³-hybridized carbons (Fsp3) is 0.400. The van der Waals surface area contributed by atoms with Gasteiger partial charge in [-0.3, -0.25) is 10.1 Å². The average Bonchev–Trinajstić information content (AvgIpc) is 2.83. The molecule has 0 bridgehead atoms. The van der Waals surface area contributed by atoms with Gasteiger partial charge in [0.25, 0.3) is 5.91 Å². The van der Waals surface area contributed by atoms with E-state index in [-0.39, 0.29) is 11.9 Å². The zero-order chi connectivity index (χ0) is 15.0. The van der Waals surface area contributed by atoms with Crippen LogP contribution in [0.5, 0.6) is 0 Å². The largest absolute Gasteiger partial charge is 0.373 e. The normalized spacial score (nSPS) is 21.2. The lowest BCUT2D eigenvalue weighted by Gasteiger charge is -2.27. The molecule has 5 nitrogen and oxygen atoms in total. The van der Waals surface area contributed by atoms with Gasteiger partial charge < -0.3 is 4.90 Å². The Bertz CT molecular complexity index is 636. The van der Waals surface area contributed by atoms with Gasteiger partial charge in [0.05, 0.1) is 12.4 Å². The number of aromatic nitrogens is 2. The van der Waals surface area contributed by atoms with E-state index >= 15 is 0 Å². The number of amides is 1. The zero-order valence-electron chi connectivity index (χ0n) is 12.1. The smallest absolute Gasteiger partial charge is 0.255 e. The van der Waals surface area contributed by atoms with Crippen molar-refractivity contribution >= 4 is 11.9 Å². The first-order chi connectivity index (χ1) is 10.0. The molecule has 2 aliphatic rings. The topological polar surface area (TPSA) is 58.1 Å². The molecule has 1 aliphatic carbocycles. The van der Waals surface area contributed by atoms with Crippen LogP contribution < -0.4 is 5.32 Å². The number of nitrogens with zero attached hydrogens (tertiary/aromatic N) is 3. The van der Waals surface area contributed by atoms with Crippen molar-refractivity contribution in [2.45, 2.75) is 19.8 Å². The molecule has 1 amide bonds. The summed E-state index contributed by atoms with van der Waals surface area (Å²) in [5.41, 5.74) is 3.25. The standard InChI is InChI=1S/C15H17FN4O/c1-9-3-4-13-12(9)5-10(8-20(13)2)14(21)19-15-17-6-11(16)7-18-15/h5-7,9H,3-4,8H2,1-2H3,(H,17,18,19,21)/t9-/m1/s1. The first-order valence-electron chi connectivity index (χ1n) is 6.98. The van der Waals surface area contributed by atoms with Gasteiger partial charge in [0.1, 0.15) is 0 Å². The maximum Gasteiger partial charge on any atom is 0.255 e. The van der Waals surface area contributed by atoms with Gasteiger partial charge in [-0.2, -0.15) is 0 Å². The summed E-state index contributed by atoms with van der Waals surface area (Å²) in [5, 5.41) is 2.61. The second kappa shape index (κ2) is 5.27. The van der Waals surface area contributed by atoms with Crippen molar-refractivity contribution in [3.05, 3.63) is 41.1 Å². The maximum atomic E-state index is 12.8. The molecule has 110 valence electrons. The van der Waals surface area contributed by atoms with E-state index in [0.717, 1.165) is 25.2 Å². The van der Waals surface area contributed by atoms with Gasteiger partial charge in [-0.05, 0) is 30.4 Å². The molecule has 0 fully saturated rings. The van der Waals surface area contributed by atoms with Gasteiger partial charge >= 0.3 is 0 Å². The van der Waals surface area contributed by atoms with E-state index < -0.39 is 5.82 Å². The summed E-state index contributed by atoms with van der Waals surface area (Å²) >= 11 is 0. The molecule has 0 aromatic carbocycles. The Kier molecular flexibility index (Phi) is 3.45. The number of rotatable bonds is 2. The number of likely N-dealkylation sites (N-methyl/N-ethyl adjacent to an activating group) is 1. The Hall–Kier alpha value is -2.24. The summed E-state index contributed by atoms with van der Waals surface area (Å²) < 4.78 is 12.8. The lowest BCUT2D eigenvalue weighted by atomic mass is 9.98. The summed E-state index contributed by atoms with van der Waals surface area (Å²) in [6, 6.07) is 0. The Morgan fingerprint density at radius 3 is 2.86 bits per heavy atom. The Morgan fingerprint density at radius 2 is 2.14 bits per heavy atom. The minimum Gasteiger partial charge on any atom is -0.373 e. The van der Waals surface area contributed by atoms with Crippen LogP contribution in [0.4, 0.5) is 10.3 Å². The van der Waals surface area contributed by atoms with Crippen molar-refractivity contribution in [1.29, 1.82) is 0 Å². The molecule has 2 heterocycles. The SMILES string of the molecule is C[C@@H]1CCC2=C1C=C(C(=O)Nc1ncc(F)cn1)CN2C. The molecule has 0 unspecified atom stereocenters. The second-order valence-corrected chi connectivity index (χ2v) is 5.55. The average molecular weight is 288 g/mol. The van der Waals surface area contributed by atoms with Crippen LogP contribution in [0.2, 0.25) is 0 Å². The van der Waals surface area contributed by atoms with E-state index in [1.807, 2.05) is 13.1 Å². The van der Waals surface area contributed by atoms with Crippen LogP contribution in [0, 0.1) is 11.7 Å². The van der Waals surface area contributed by atoms with Crippen molar-refractivity contribution in [2.24, 2.45) is 5.92 Å². The van der Waals surface area contributed by atoms with E-state index in [1.54, 1.807) is 0 Å². The van der Waals surface area contributed by atoms with E-state index in [4.69, 9.17) is 0 Å². The molecule has 1 aromatic rings. The summed E-state index contributed by atoms with van der Waals surface area (Å²) in [6.45, 7) is 2.75. The number of anilines is 1. The number of carbonyl (C=O) groups excluding carboxylic acids is 1. The number of carbonyl (C=O) groups is 1. The van der Waals surface area contributed by atoms with E-state index in [9.17, 15) is 9.18 Å². The highest BCUT2D eigenvalue weighted by Crippen LogP contribution is 2.37. The predicted molar refractivity (Wildman–Crippen MR) is 76.8 cm³/mol. The van der Waals surface area contributed by atoms with Gasteiger partial charge in [0, 0.05) is 24.9 Å². The van der Waals surface area contributed by atoms with Crippen LogP contribution in [0.15, 0.2) is 35.3 Å². The second-order valence-electron chi connectivity index (χ2n) is 5.55. The minimum atomic E-state index is -0.529. The lowest BCUT2D eigenvalue weighted by Crippen LogP contribution is -2.30. The Morgan fingerprint density at radius 1 is 1.43 bits per heavy atom. The molecule has 0 spiro atoms. The molecule has 1 aliphatic heterocycles. The number of allylic oxidation sites excluding steroid dienone is 3. The third kappa shape index (κ3) is 2.66. The van der Waals surface area contributed by atoms with Gasteiger partial charge in [-0.25, -0.2) is 14.4 Å². The van der Waals surface area contributed by atoms with E-state index in [0.29, 0.717) is 18.0 Å². The number of hydrogen-bond donors (Lipinski definition) is 1. The van der Waals surface area contributed by atoms with Crippen molar-refractivity contribution < 1.29 is 9.18 Å². The van der Waals surface area contributed by atoms with Crippen molar-refractivity contribution in [2.75, 3.05) is 18.9 Å². The summed E-state index contributed by atoms with van der Waals surface area (Å²) in [5.74, 6) is -0.171. The van der Waals surface area contributed by atoms with Crippen LogP contribution in [0.3, 0.4) is 0 Å². The highest BCUT2D eigenvalue weighted by molar-refractivity contribution is 6.03. The maximum absolute atomic E-state index is 12.8. The lowest BCUT2D eigenvalue weighted by molar-refractivity contribution is -0.113. The minimum absolute atomic E-state index is 0.115. The molecule has 1 atom stereocenters. The van der Waals surface area contributed by atoms with Crippen LogP contribution in [0.25, 0.3) is 0 Å². The van der Waals surface area contributed by atoms with Crippen molar-refractivity contribution in [3.63, 3.8) is 0 Å². The molecule has 3 rings (SSSR count).